The van der Waals surface area contributed by atoms with Gasteiger partial charge in [-0.3, -0.25) is 4.84 Å². The third-order valence-electron chi connectivity index (χ3n) is 2.13. The maximum Gasteiger partial charge on any atom is 0.254 e. The Morgan fingerprint density at radius 3 is 3.07 bits per heavy atom. The van der Waals surface area contributed by atoms with Gasteiger partial charge in [-0.25, -0.2) is 5.90 Å². The monoisotopic (exact) mass is 247 g/mol. The quantitative estimate of drug-likeness (QED) is 0.808. The average molecular weight is 247 g/mol. The summed E-state index contributed by atoms with van der Waals surface area (Å²) in [6.45, 7) is 2.36. The minimum Gasteiger partial charge on any atom is -0.337 e. The summed E-state index contributed by atoms with van der Waals surface area (Å²) in [5, 5.41) is 4.79. The zero-order valence-electron chi connectivity index (χ0n) is 8.38. The largest absolute Gasteiger partial charge is 0.337 e. The maximum atomic E-state index is 5.02. The topological polar surface area (TPSA) is 74.2 Å². The molecule has 15 heavy (non-hydrogen) atoms. The molecule has 84 valence electrons. The molecule has 0 spiro atoms. The molecule has 2 rings (SSSR count). The van der Waals surface area contributed by atoms with E-state index >= 15 is 0 Å². The van der Waals surface area contributed by atoms with Crippen LogP contribution in [0.5, 0.6) is 0 Å². The van der Waals surface area contributed by atoms with Crippen molar-refractivity contribution in [3.05, 3.63) is 11.7 Å². The van der Waals surface area contributed by atoms with E-state index in [4.69, 9.17) is 10.4 Å². The van der Waals surface area contributed by atoms with Gasteiger partial charge in [0.15, 0.2) is 5.82 Å². The fraction of sp³-hybridized carbons (Fsp3) is 0.750. The molecule has 2 unspecified atom stereocenters. The molecule has 1 aliphatic heterocycles. The van der Waals surface area contributed by atoms with Gasteiger partial charge in [0.2, 0.25) is 0 Å². The van der Waals surface area contributed by atoms with E-state index < -0.39 is 0 Å². The molecule has 0 saturated carbocycles. The highest BCUT2D eigenvalue weighted by Crippen LogP contribution is 2.40. The van der Waals surface area contributed by atoms with Crippen LogP contribution < -0.4 is 5.90 Å². The van der Waals surface area contributed by atoms with Crippen molar-refractivity contribution < 1.29 is 9.36 Å². The standard InChI is InChI=1S/C8H13N3O2S2/c1-5-7(15-3-2-14-5)8-10-6(4-12-9)13-11-8/h5,7H,2-4,9H2,1H3. The number of nitrogens with zero attached hydrogens (tertiary/aromatic N) is 2. The van der Waals surface area contributed by atoms with E-state index in [1.54, 1.807) is 0 Å². The summed E-state index contributed by atoms with van der Waals surface area (Å²) in [5.41, 5.74) is 0. The predicted octanol–water partition coefficient (Wildman–Crippen LogP) is 1.37. The molecule has 2 N–H and O–H groups in total. The highest BCUT2D eigenvalue weighted by molar-refractivity contribution is 8.06. The lowest BCUT2D eigenvalue weighted by molar-refractivity contribution is 0.0995. The molecule has 1 saturated heterocycles. The first-order valence-electron chi connectivity index (χ1n) is 4.68. The highest BCUT2D eigenvalue weighted by Gasteiger charge is 2.28. The smallest absolute Gasteiger partial charge is 0.254 e. The van der Waals surface area contributed by atoms with Crippen molar-refractivity contribution in [2.24, 2.45) is 5.90 Å². The first-order valence-corrected chi connectivity index (χ1v) is 6.78. The van der Waals surface area contributed by atoms with Crippen molar-refractivity contribution in [1.82, 2.24) is 10.1 Å². The summed E-state index contributed by atoms with van der Waals surface area (Å²) >= 11 is 3.82. The summed E-state index contributed by atoms with van der Waals surface area (Å²) in [6.07, 6.45) is 0. The van der Waals surface area contributed by atoms with Gasteiger partial charge in [0.05, 0.1) is 5.25 Å². The van der Waals surface area contributed by atoms with Gasteiger partial charge in [0.25, 0.3) is 5.89 Å². The van der Waals surface area contributed by atoms with E-state index in [0.717, 1.165) is 11.6 Å². The van der Waals surface area contributed by atoms with Crippen LogP contribution in [-0.2, 0) is 11.4 Å². The summed E-state index contributed by atoms with van der Waals surface area (Å²) in [7, 11) is 0. The molecule has 1 aromatic rings. The molecule has 0 aromatic carbocycles. The van der Waals surface area contributed by atoms with Gasteiger partial charge >= 0.3 is 0 Å². The van der Waals surface area contributed by atoms with Crippen LogP contribution in [0.2, 0.25) is 0 Å². The molecule has 0 radical (unpaired) electrons. The van der Waals surface area contributed by atoms with Crippen molar-refractivity contribution in [3.63, 3.8) is 0 Å². The first kappa shape index (κ1) is 11.3. The highest BCUT2D eigenvalue weighted by atomic mass is 32.2. The van der Waals surface area contributed by atoms with Crippen LogP contribution in [0.4, 0.5) is 0 Å². The van der Waals surface area contributed by atoms with Gasteiger partial charge in [-0.2, -0.15) is 16.7 Å². The molecule has 1 aromatic heterocycles. The molecule has 2 heterocycles. The molecule has 1 fully saturated rings. The van der Waals surface area contributed by atoms with Gasteiger partial charge in [-0.05, 0) is 0 Å². The summed E-state index contributed by atoms with van der Waals surface area (Å²) < 4.78 is 5.02. The van der Waals surface area contributed by atoms with E-state index in [-0.39, 0.29) is 6.61 Å². The lowest BCUT2D eigenvalue weighted by atomic mass is 10.3. The average Bonchev–Trinajstić information content (AvgIpc) is 2.68. The number of hydrogen-bond donors (Lipinski definition) is 1. The molecule has 7 heteroatoms. The number of aromatic nitrogens is 2. The SMILES string of the molecule is CC1SCCSC1c1noc(CON)n1. The predicted molar refractivity (Wildman–Crippen MR) is 60.4 cm³/mol. The van der Waals surface area contributed by atoms with Gasteiger partial charge in [0.1, 0.15) is 6.61 Å². The molecule has 0 amide bonds. The van der Waals surface area contributed by atoms with Gasteiger partial charge in [0, 0.05) is 16.8 Å². The number of hydrogen-bond acceptors (Lipinski definition) is 7. The maximum absolute atomic E-state index is 5.02. The zero-order chi connectivity index (χ0) is 10.7. The lowest BCUT2D eigenvalue weighted by Gasteiger charge is -2.24. The van der Waals surface area contributed by atoms with Crippen molar-refractivity contribution in [2.75, 3.05) is 11.5 Å². The summed E-state index contributed by atoms with van der Waals surface area (Å²) in [5.74, 6) is 8.46. The van der Waals surface area contributed by atoms with E-state index in [0.29, 0.717) is 16.4 Å². The van der Waals surface area contributed by atoms with Crippen LogP contribution in [0.1, 0.15) is 23.9 Å². The molecule has 2 atom stereocenters. The Morgan fingerprint density at radius 2 is 2.33 bits per heavy atom. The van der Waals surface area contributed by atoms with Crippen LogP contribution in [-0.4, -0.2) is 26.9 Å². The van der Waals surface area contributed by atoms with Gasteiger partial charge < -0.3 is 4.52 Å². The minimum atomic E-state index is 0.173. The Balaban J connectivity index is 2.06. The van der Waals surface area contributed by atoms with Crippen molar-refractivity contribution >= 4 is 23.5 Å². The fourth-order valence-electron chi connectivity index (χ4n) is 1.43. The Bertz CT molecular complexity index is 321. The second kappa shape index (κ2) is 5.20. The van der Waals surface area contributed by atoms with Crippen molar-refractivity contribution in [3.8, 4) is 0 Å². The number of rotatable bonds is 3. The molecule has 0 aliphatic carbocycles. The van der Waals surface area contributed by atoms with E-state index in [9.17, 15) is 0 Å². The molecular formula is C8H13N3O2S2. The van der Waals surface area contributed by atoms with Crippen LogP contribution in [0.15, 0.2) is 4.52 Å². The second-order valence-electron chi connectivity index (χ2n) is 3.22. The Morgan fingerprint density at radius 1 is 1.53 bits per heavy atom. The molecule has 0 bridgehead atoms. The fourth-order valence-corrected chi connectivity index (χ4v) is 4.11. The number of nitrogens with two attached hydrogens (primary N) is 1. The summed E-state index contributed by atoms with van der Waals surface area (Å²) in [4.78, 5) is 8.70. The van der Waals surface area contributed by atoms with E-state index in [1.165, 1.54) is 5.75 Å². The minimum absolute atomic E-state index is 0.173. The molecular weight excluding hydrogens is 234 g/mol. The van der Waals surface area contributed by atoms with Crippen molar-refractivity contribution in [2.45, 2.75) is 24.0 Å². The number of thioether (sulfide) groups is 2. The van der Waals surface area contributed by atoms with Crippen molar-refractivity contribution in [1.29, 1.82) is 0 Å². The Kier molecular flexibility index (Phi) is 3.90. The summed E-state index contributed by atoms with van der Waals surface area (Å²) in [6, 6.07) is 0. The van der Waals surface area contributed by atoms with E-state index in [1.807, 2.05) is 23.5 Å². The van der Waals surface area contributed by atoms with Gasteiger partial charge in [-0.1, -0.05) is 12.1 Å². The molecule has 5 nitrogen and oxygen atoms in total. The second-order valence-corrected chi connectivity index (χ2v) is 5.96. The zero-order valence-corrected chi connectivity index (χ0v) is 10.0. The Hall–Kier alpha value is -0.240. The van der Waals surface area contributed by atoms with E-state index in [2.05, 4.69) is 21.9 Å². The lowest BCUT2D eigenvalue weighted by Crippen LogP contribution is -2.16. The molecule has 1 aliphatic rings. The van der Waals surface area contributed by atoms with Crippen LogP contribution in [0.3, 0.4) is 0 Å². The first-order chi connectivity index (χ1) is 7.31. The third-order valence-corrected chi connectivity index (χ3v) is 5.22. The third kappa shape index (κ3) is 2.66. The van der Waals surface area contributed by atoms with Crippen LogP contribution in [0, 0.1) is 0 Å². The van der Waals surface area contributed by atoms with Crippen LogP contribution >= 0.6 is 23.5 Å². The van der Waals surface area contributed by atoms with Gasteiger partial charge in [-0.15, -0.1) is 11.8 Å². The van der Waals surface area contributed by atoms with Crippen LogP contribution in [0.25, 0.3) is 0 Å². The normalized spacial score (nSPS) is 26.8. The Labute approximate surface area is 96.5 Å².